The summed E-state index contributed by atoms with van der Waals surface area (Å²) < 4.78 is 5.07. The second kappa shape index (κ2) is 4.24. The number of rotatable bonds is 3. The van der Waals surface area contributed by atoms with E-state index in [4.69, 9.17) is 4.74 Å². The molecular weight excluding hydrogens is 186 g/mol. The van der Waals surface area contributed by atoms with Crippen molar-refractivity contribution < 1.29 is 4.74 Å². The molecule has 2 nitrogen and oxygen atoms in total. The first-order chi connectivity index (χ1) is 7.33. The van der Waals surface area contributed by atoms with Crippen LogP contribution in [0.1, 0.15) is 5.69 Å². The van der Waals surface area contributed by atoms with Crippen molar-refractivity contribution >= 4 is 16.3 Å². The highest BCUT2D eigenvalue weighted by molar-refractivity contribution is 5.91. The molecule has 0 atom stereocenters. The standard InChI is InChI=1S/C13H13NO/c1-10(9-15-2)13-12-6-4-3-5-11(12)7-8-14-13/h3-8H,1,9H2,2H3. The Morgan fingerprint density at radius 3 is 2.93 bits per heavy atom. The van der Waals surface area contributed by atoms with Gasteiger partial charge in [-0.05, 0) is 17.0 Å². The van der Waals surface area contributed by atoms with Gasteiger partial charge in [0.2, 0.25) is 0 Å². The van der Waals surface area contributed by atoms with Gasteiger partial charge in [-0.1, -0.05) is 30.8 Å². The number of hydrogen-bond donors (Lipinski definition) is 0. The molecule has 1 aromatic heterocycles. The Bertz CT molecular complexity index is 485. The van der Waals surface area contributed by atoms with Gasteiger partial charge in [0.05, 0.1) is 12.3 Å². The summed E-state index contributed by atoms with van der Waals surface area (Å²) in [6, 6.07) is 10.1. The van der Waals surface area contributed by atoms with Gasteiger partial charge < -0.3 is 4.74 Å². The van der Waals surface area contributed by atoms with Crippen LogP contribution in [0.25, 0.3) is 16.3 Å². The number of methoxy groups -OCH3 is 1. The smallest absolute Gasteiger partial charge is 0.0757 e. The van der Waals surface area contributed by atoms with E-state index in [1.807, 2.05) is 18.2 Å². The molecule has 0 aliphatic carbocycles. The van der Waals surface area contributed by atoms with E-state index in [9.17, 15) is 0 Å². The molecule has 0 amide bonds. The fraction of sp³-hybridized carbons (Fsp3) is 0.154. The predicted molar refractivity (Wildman–Crippen MR) is 62.7 cm³/mol. The molecule has 0 radical (unpaired) electrons. The molecule has 15 heavy (non-hydrogen) atoms. The van der Waals surface area contributed by atoms with Gasteiger partial charge in [0.15, 0.2) is 0 Å². The average Bonchev–Trinajstić information content (AvgIpc) is 2.28. The Morgan fingerprint density at radius 1 is 1.33 bits per heavy atom. The Labute approximate surface area is 89.2 Å². The van der Waals surface area contributed by atoms with E-state index in [0.29, 0.717) is 6.61 Å². The van der Waals surface area contributed by atoms with Crippen molar-refractivity contribution in [3.63, 3.8) is 0 Å². The van der Waals surface area contributed by atoms with Gasteiger partial charge in [0.1, 0.15) is 0 Å². The van der Waals surface area contributed by atoms with Crippen LogP contribution in [0.3, 0.4) is 0 Å². The maximum absolute atomic E-state index is 5.07. The van der Waals surface area contributed by atoms with Gasteiger partial charge in [0.25, 0.3) is 0 Å². The van der Waals surface area contributed by atoms with Gasteiger partial charge in [-0.25, -0.2) is 0 Å². The van der Waals surface area contributed by atoms with E-state index in [-0.39, 0.29) is 0 Å². The van der Waals surface area contributed by atoms with E-state index >= 15 is 0 Å². The Morgan fingerprint density at radius 2 is 2.13 bits per heavy atom. The van der Waals surface area contributed by atoms with Crippen molar-refractivity contribution in [1.82, 2.24) is 4.98 Å². The Balaban J connectivity index is 2.56. The number of ether oxygens (including phenoxy) is 1. The minimum absolute atomic E-state index is 0.515. The van der Waals surface area contributed by atoms with E-state index < -0.39 is 0 Å². The lowest BCUT2D eigenvalue weighted by Gasteiger charge is -2.07. The zero-order valence-electron chi connectivity index (χ0n) is 8.73. The zero-order valence-corrected chi connectivity index (χ0v) is 8.73. The molecule has 2 aromatic rings. The molecule has 0 aliphatic heterocycles. The number of fused-ring (bicyclic) bond motifs is 1. The summed E-state index contributed by atoms with van der Waals surface area (Å²) in [6.07, 6.45) is 1.80. The lowest BCUT2D eigenvalue weighted by Crippen LogP contribution is -1.96. The predicted octanol–water partition coefficient (Wildman–Crippen LogP) is 2.89. The first kappa shape index (κ1) is 9.87. The van der Waals surface area contributed by atoms with Gasteiger partial charge in [-0.3, -0.25) is 4.98 Å². The number of hydrogen-bond acceptors (Lipinski definition) is 2. The Kier molecular flexibility index (Phi) is 2.79. The summed E-state index contributed by atoms with van der Waals surface area (Å²) in [5.74, 6) is 0. The molecule has 0 bridgehead atoms. The fourth-order valence-electron chi connectivity index (χ4n) is 1.64. The van der Waals surface area contributed by atoms with Crippen LogP contribution in [0.15, 0.2) is 43.1 Å². The monoisotopic (exact) mass is 199 g/mol. The van der Waals surface area contributed by atoms with Crippen LogP contribution in [0.4, 0.5) is 0 Å². The van der Waals surface area contributed by atoms with Gasteiger partial charge in [-0.2, -0.15) is 0 Å². The molecule has 0 fully saturated rings. The minimum Gasteiger partial charge on any atom is -0.380 e. The van der Waals surface area contributed by atoms with E-state index in [1.54, 1.807) is 13.3 Å². The quantitative estimate of drug-likeness (QED) is 0.758. The first-order valence-corrected chi connectivity index (χ1v) is 4.84. The number of pyridine rings is 1. The van der Waals surface area contributed by atoms with Crippen molar-refractivity contribution in [2.75, 3.05) is 13.7 Å². The second-order valence-electron chi connectivity index (χ2n) is 3.42. The van der Waals surface area contributed by atoms with E-state index in [2.05, 4.69) is 23.7 Å². The van der Waals surface area contributed by atoms with Gasteiger partial charge in [0, 0.05) is 18.7 Å². The van der Waals surface area contributed by atoms with Crippen molar-refractivity contribution in [2.45, 2.75) is 0 Å². The number of nitrogens with zero attached hydrogens (tertiary/aromatic N) is 1. The highest BCUT2D eigenvalue weighted by Crippen LogP contribution is 2.21. The van der Waals surface area contributed by atoms with Crippen molar-refractivity contribution in [2.24, 2.45) is 0 Å². The third kappa shape index (κ3) is 1.90. The molecule has 0 saturated carbocycles. The lowest BCUT2D eigenvalue weighted by molar-refractivity contribution is 0.239. The molecule has 2 rings (SSSR count). The highest BCUT2D eigenvalue weighted by atomic mass is 16.5. The van der Waals surface area contributed by atoms with Gasteiger partial charge in [-0.15, -0.1) is 0 Å². The molecular formula is C13H13NO. The molecule has 76 valence electrons. The number of benzene rings is 1. The summed E-state index contributed by atoms with van der Waals surface area (Å²) in [5, 5.41) is 2.31. The van der Waals surface area contributed by atoms with Crippen LogP contribution in [0.5, 0.6) is 0 Å². The SMILES string of the molecule is C=C(COC)c1nccc2ccccc12. The molecule has 2 heteroatoms. The van der Waals surface area contributed by atoms with Crippen LogP contribution >= 0.6 is 0 Å². The first-order valence-electron chi connectivity index (χ1n) is 4.84. The molecule has 0 N–H and O–H groups in total. The third-order valence-corrected chi connectivity index (χ3v) is 2.33. The van der Waals surface area contributed by atoms with Crippen molar-refractivity contribution in [3.05, 3.63) is 48.8 Å². The highest BCUT2D eigenvalue weighted by Gasteiger charge is 2.04. The van der Waals surface area contributed by atoms with Crippen LogP contribution in [0, 0.1) is 0 Å². The summed E-state index contributed by atoms with van der Waals surface area (Å²) in [6.45, 7) is 4.49. The van der Waals surface area contributed by atoms with Crippen LogP contribution in [-0.2, 0) is 4.74 Å². The van der Waals surface area contributed by atoms with E-state index in [0.717, 1.165) is 16.7 Å². The third-order valence-electron chi connectivity index (χ3n) is 2.33. The van der Waals surface area contributed by atoms with Gasteiger partial charge >= 0.3 is 0 Å². The molecule has 1 aromatic carbocycles. The minimum atomic E-state index is 0.515. The molecule has 0 aliphatic rings. The molecule has 0 spiro atoms. The average molecular weight is 199 g/mol. The zero-order chi connectivity index (χ0) is 10.7. The maximum atomic E-state index is 5.07. The second-order valence-corrected chi connectivity index (χ2v) is 3.42. The maximum Gasteiger partial charge on any atom is 0.0757 e. The van der Waals surface area contributed by atoms with Crippen LogP contribution < -0.4 is 0 Å². The summed E-state index contributed by atoms with van der Waals surface area (Å²) in [4.78, 5) is 4.35. The molecule has 1 heterocycles. The molecule has 0 unspecified atom stereocenters. The van der Waals surface area contributed by atoms with E-state index in [1.165, 1.54) is 5.39 Å². The summed E-state index contributed by atoms with van der Waals surface area (Å²) >= 11 is 0. The fourth-order valence-corrected chi connectivity index (χ4v) is 1.64. The van der Waals surface area contributed by atoms with Crippen molar-refractivity contribution in [1.29, 1.82) is 0 Å². The Hall–Kier alpha value is -1.67. The van der Waals surface area contributed by atoms with Crippen LogP contribution in [-0.4, -0.2) is 18.7 Å². The molecule has 0 saturated heterocycles. The summed E-state index contributed by atoms with van der Waals surface area (Å²) in [7, 11) is 1.66. The van der Waals surface area contributed by atoms with Crippen molar-refractivity contribution in [3.8, 4) is 0 Å². The topological polar surface area (TPSA) is 22.1 Å². The largest absolute Gasteiger partial charge is 0.380 e. The lowest BCUT2D eigenvalue weighted by atomic mass is 10.1. The normalized spacial score (nSPS) is 10.5. The van der Waals surface area contributed by atoms with Crippen LogP contribution in [0.2, 0.25) is 0 Å². The summed E-state index contributed by atoms with van der Waals surface area (Å²) in [5.41, 5.74) is 1.84. The number of aromatic nitrogens is 1.